The van der Waals surface area contributed by atoms with Crippen molar-refractivity contribution in [1.29, 1.82) is 0 Å². The Morgan fingerprint density at radius 2 is 1.79 bits per heavy atom. The molecule has 1 aliphatic rings. The van der Waals surface area contributed by atoms with Gasteiger partial charge in [-0.15, -0.1) is 10.1 Å². The normalized spacial score (nSPS) is 14.6. The molecule has 0 spiro atoms. The van der Waals surface area contributed by atoms with Gasteiger partial charge in [0.1, 0.15) is 24.8 Å². The zero-order valence-electron chi connectivity index (χ0n) is 20.0. The summed E-state index contributed by atoms with van der Waals surface area (Å²) in [4.78, 5) is 26.6. The molecular weight excluding hydrogens is 526 g/mol. The highest BCUT2D eigenvalue weighted by atomic mass is 32.2. The maximum atomic E-state index is 13.9. The minimum Gasteiger partial charge on any atom is -0.484 e. The molecule has 0 aliphatic carbocycles. The Morgan fingerprint density at radius 1 is 1.11 bits per heavy atom. The third-order valence-electron chi connectivity index (χ3n) is 5.59. The van der Waals surface area contributed by atoms with Gasteiger partial charge in [0.2, 0.25) is 12.1 Å². The largest absolute Gasteiger partial charge is 0.484 e. The fourth-order valence-corrected chi connectivity index (χ4v) is 4.56. The predicted molar refractivity (Wildman–Crippen MR) is 130 cm³/mol. The summed E-state index contributed by atoms with van der Waals surface area (Å²) in [7, 11) is -3.41. The highest BCUT2D eigenvalue weighted by molar-refractivity contribution is 7.90. The summed E-state index contributed by atoms with van der Waals surface area (Å²) in [5.74, 6) is -1.43. The van der Waals surface area contributed by atoms with Crippen molar-refractivity contribution in [1.82, 2.24) is 5.32 Å². The van der Waals surface area contributed by atoms with Crippen LogP contribution in [0.5, 0.6) is 11.5 Å². The van der Waals surface area contributed by atoms with Crippen molar-refractivity contribution >= 4 is 15.7 Å². The summed E-state index contributed by atoms with van der Waals surface area (Å²) in [6, 6.07) is 12.6. The number of nitrogens with zero attached hydrogens (tertiary/aromatic N) is 1. The van der Waals surface area contributed by atoms with Crippen LogP contribution in [0.2, 0.25) is 0 Å². The van der Waals surface area contributed by atoms with Gasteiger partial charge in [-0.05, 0) is 65.1 Å². The van der Waals surface area contributed by atoms with E-state index in [1.807, 2.05) is 0 Å². The lowest BCUT2D eigenvalue weighted by atomic mass is 9.94. The number of rotatable bonds is 9. The van der Waals surface area contributed by atoms with Crippen LogP contribution in [0.1, 0.15) is 17.5 Å². The average molecular weight is 549 g/mol. The zero-order valence-corrected chi connectivity index (χ0v) is 20.8. The minimum absolute atomic E-state index is 0.0598. The summed E-state index contributed by atoms with van der Waals surface area (Å²) in [5.41, 5.74) is 2.20. The molecule has 1 aliphatic heterocycles. The van der Waals surface area contributed by atoms with Gasteiger partial charge in [-0.3, -0.25) is 4.79 Å². The van der Waals surface area contributed by atoms with Crippen LogP contribution in [0.15, 0.2) is 59.5 Å². The van der Waals surface area contributed by atoms with E-state index in [4.69, 9.17) is 9.47 Å². The molecule has 3 aromatic carbocycles. The van der Waals surface area contributed by atoms with E-state index in [1.165, 1.54) is 24.3 Å². The van der Waals surface area contributed by atoms with Crippen molar-refractivity contribution in [3.8, 4) is 22.6 Å². The van der Waals surface area contributed by atoms with Crippen LogP contribution in [0.4, 0.5) is 8.78 Å². The second kappa shape index (κ2) is 11.0. The lowest BCUT2D eigenvalue weighted by Crippen LogP contribution is -2.45. The number of nitrogens with one attached hydrogen (secondary N) is 1. The van der Waals surface area contributed by atoms with Gasteiger partial charge >= 0.3 is 0 Å². The highest BCUT2D eigenvalue weighted by Gasteiger charge is 2.25. The number of amides is 1. The van der Waals surface area contributed by atoms with Crippen LogP contribution in [0.3, 0.4) is 0 Å². The molecule has 10 nitrogen and oxygen atoms in total. The van der Waals surface area contributed by atoms with Gasteiger partial charge in [-0.2, -0.15) is 0 Å². The van der Waals surface area contributed by atoms with E-state index >= 15 is 0 Å². The molecule has 0 aromatic heterocycles. The summed E-state index contributed by atoms with van der Waals surface area (Å²) in [6.45, 7) is -0.478. The van der Waals surface area contributed by atoms with E-state index in [-0.39, 0.29) is 30.1 Å². The predicted octanol–water partition coefficient (Wildman–Crippen LogP) is 3.44. The quantitative estimate of drug-likeness (QED) is 0.318. The first-order chi connectivity index (χ1) is 18.0. The summed E-state index contributed by atoms with van der Waals surface area (Å²) in [6.07, 6.45) is 0.0292. The van der Waals surface area contributed by atoms with E-state index in [9.17, 15) is 32.1 Å². The molecule has 1 amide bonds. The maximum Gasteiger partial charge on any atom is 0.294 e. The maximum absolute atomic E-state index is 13.9. The van der Waals surface area contributed by atoms with E-state index in [1.54, 1.807) is 24.3 Å². The van der Waals surface area contributed by atoms with Crippen molar-refractivity contribution in [3.63, 3.8) is 0 Å². The third-order valence-corrected chi connectivity index (χ3v) is 6.72. The molecule has 1 N–H and O–H groups in total. The van der Waals surface area contributed by atoms with Crippen molar-refractivity contribution in [2.75, 3.05) is 19.5 Å². The monoisotopic (exact) mass is 548 g/mol. The molecule has 4 rings (SSSR count). The van der Waals surface area contributed by atoms with Crippen molar-refractivity contribution < 1.29 is 41.4 Å². The Hall–Kier alpha value is -4.26. The number of benzene rings is 3. The highest BCUT2D eigenvalue weighted by Crippen LogP contribution is 2.39. The molecule has 1 atom stereocenters. The first-order valence-electron chi connectivity index (χ1n) is 11.3. The lowest BCUT2D eigenvalue weighted by molar-refractivity contribution is -0.757. The molecule has 13 heteroatoms. The Morgan fingerprint density at radius 3 is 2.42 bits per heavy atom. The summed E-state index contributed by atoms with van der Waals surface area (Å²) < 4.78 is 63.1. The van der Waals surface area contributed by atoms with Crippen LogP contribution in [-0.4, -0.2) is 45.1 Å². The van der Waals surface area contributed by atoms with Crippen molar-refractivity contribution in [2.24, 2.45) is 0 Å². The molecule has 0 saturated carbocycles. The molecule has 1 unspecified atom stereocenters. The Labute approximate surface area is 216 Å². The second-order valence-corrected chi connectivity index (χ2v) is 10.5. The number of sulfone groups is 1. The first kappa shape index (κ1) is 26.8. The Balaban J connectivity index is 1.64. The van der Waals surface area contributed by atoms with E-state index in [2.05, 4.69) is 10.2 Å². The van der Waals surface area contributed by atoms with E-state index < -0.39 is 45.3 Å². The average Bonchev–Trinajstić information content (AvgIpc) is 2.82. The zero-order chi connectivity index (χ0) is 27.4. The number of carbonyl (C=O) groups is 1. The van der Waals surface area contributed by atoms with Gasteiger partial charge in [-0.1, -0.05) is 12.1 Å². The smallest absolute Gasteiger partial charge is 0.294 e. The van der Waals surface area contributed by atoms with E-state index in [0.717, 1.165) is 12.3 Å². The number of hydrogen-bond donors (Lipinski definition) is 1. The van der Waals surface area contributed by atoms with Crippen LogP contribution in [0, 0.1) is 21.7 Å². The standard InChI is InChI=1S/C25H22F2N2O8S/c1-38(33,34)20-4-2-16(3-5-20)21-13-22-23(11-17(21)8-15-9-18(26)12-19(27)10-15)37-25(14-35-22)28-24(30)6-7-36-29(31)32/h2-5,9-13,25H,6-8,14H2,1H3,(H,28,30). The molecular formula is C25H22F2N2O8S. The second-order valence-electron chi connectivity index (χ2n) is 8.50. The van der Waals surface area contributed by atoms with Gasteiger partial charge in [-0.25, -0.2) is 17.2 Å². The van der Waals surface area contributed by atoms with Crippen molar-refractivity contribution in [3.05, 3.63) is 87.5 Å². The molecule has 0 radical (unpaired) electrons. The van der Waals surface area contributed by atoms with Crippen LogP contribution in [-0.2, 0) is 25.9 Å². The SMILES string of the molecule is CS(=O)(=O)c1ccc(-c2cc3c(cc2Cc2cc(F)cc(F)c2)OC(NC(=O)CCO[N+](=O)[O-])CO3)cc1. The van der Waals surface area contributed by atoms with Gasteiger partial charge in [0, 0.05) is 12.3 Å². The van der Waals surface area contributed by atoms with Gasteiger partial charge in [0.15, 0.2) is 21.3 Å². The molecule has 200 valence electrons. The Bertz CT molecular complexity index is 1460. The van der Waals surface area contributed by atoms with Gasteiger partial charge < -0.3 is 19.6 Å². The fourth-order valence-electron chi connectivity index (χ4n) is 3.93. The number of fused-ring (bicyclic) bond motifs is 1. The number of carbonyl (C=O) groups excluding carboxylic acids is 1. The fraction of sp³-hybridized carbons (Fsp3) is 0.240. The molecule has 0 saturated heterocycles. The van der Waals surface area contributed by atoms with Gasteiger partial charge in [0.05, 0.1) is 11.3 Å². The van der Waals surface area contributed by atoms with Gasteiger partial charge in [0.25, 0.3) is 5.09 Å². The molecule has 1 heterocycles. The Kier molecular flexibility index (Phi) is 7.76. The van der Waals surface area contributed by atoms with E-state index in [0.29, 0.717) is 28.0 Å². The minimum atomic E-state index is -3.41. The first-order valence-corrected chi connectivity index (χ1v) is 13.2. The summed E-state index contributed by atoms with van der Waals surface area (Å²) >= 11 is 0. The van der Waals surface area contributed by atoms with Crippen LogP contribution < -0.4 is 14.8 Å². The third kappa shape index (κ3) is 6.73. The lowest BCUT2D eigenvalue weighted by Gasteiger charge is -2.28. The molecule has 38 heavy (non-hydrogen) atoms. The molecule has 0 bridgehead atoms. The molecule has 0 fully saturated rings. The van der Waals surface area contributed by atoms with Crippen molar-refractivity contribution in [2.45, 2.75) is 24.0 Å². The van der Waals surface area contributed by atoms with Crippen LogP contribution >= 0.6 is 0 Å². The molecule has 3 aromatic rings. The number of ether oxygens (including phenoxy) is 2. The number of hydrogen-bond acceptors (Lipinski definition) is 8. The number of halogens is 2. The van der Waals surface area contributed by atoms with Crippen LogP contribution in [0.25, 0.3) is 11.1 Å². The summed E-state index contributed by atoms with van der Waals surface area (Å²) in [5, 5.41) is 11.8. The topological polar surface area (TPSA) is 134 Å².